The van der Waals surface area contributed by atoms with Gasteiger partial charge in [0, 0.05) is 38.6 Å². The molecule has 11 heteroatoms. The molecule has 2 aromatic heterocycles. The van der Waals surface area contributed by atoms with Crippen molar-refractivity contribution in [2.75, 3.05) is 51.3 Å². The lowest BCUT2D eigenvalue weighted by Gasteiger charge is -2.45. The number of hydrogen-bond donors (Lipinski definition) is 0. The molecule has 28 heavy (non-hydrogen) atoms. The van der Waals surface area contributed by atoms with Crippen molar-refractivity contribution in [2.45, 2.75) is 32.2 Å². The van der Waals surface area contributed by atoms with Gasteiger partial charge in [0.25, 0.3) is 10.2 Å². The van der Waals surface area contributed by atoms with E-state index in [2.05, 4.69) is 35.9 Å². The normalized spacial score (nSPS) is 20.1. The number of likely N-dealkylation sites (N-methyl/N-ethyl adjacent to an activating group) is 1. The minimum Gasteiger partial charge on any atom is -0.379 e. The highest BCUT2D eigenvalue weighted by atomic mass is 32.2. The quantitative estimate of drug-likeness (QED) is 0.708. The zero-order valence-corrected chi connectivity index (χ0v) is 17.6. The summed E-state index contributed by atoms with van der Waals surface area (Å²) < 4.78 is 35.6. The van der Waals surface area contributed by atoms with E-state index in [1.54, 1.807) is 11.6 Å². The molecule has 2 fully saturated rings. The predicted molar refractivity (Wildman–Crippen MR) is 105 cm³/mol. The molecule has 4 rings (SSSR count). The highest BCUT2D eigenvalue weighted by Gasteiger charge is 2.39. The van der Waals surface area contributed by atoms with Crippen molar-refractivity contribution in [1.29, 1.82) is 0 Å². The summed E-state index contributed by atoms with van der Waals surface area (Å²) in [6.07, 6.45) is 0. The van der Waals surface area contributed by atoms with Crippen LogP contribution in [-0.2, 0) is 20.4 Å². The van der Waals surface area contributed by atoms with E-state index in [4.69, 9.17) is 9.84 Å². The van der Waals surface area contributed by atoms with Crippen molar-refractivity contribution in [3.05, 3.63) is 18.0 Å². The Hall–Kier alpha value is -1.82. The minimum absolute atomic E-state index is 0.0756. The number of morpholine rings is 1. The molecule has 2 saturated heterocycles. The number of nitrogens with zero attached hydrogens (tertiary/aromatic N) is 7. The van der Waals surface area contributed by atoms with Gasteiger partial charge in [-0.05, 0) is 12.1 Å². The van der Waals surface area contributed by atoms with Crippen molar-refractivity contribution in [3.8, 4) is 0 Å². The number of hydrogen-bond acceptors (Lipinski definition) is 7. The molecule has 0 amide bonds. The summed E-state index contributed by atoms with van der Waals surface area (Å²) in [6, 6.07) is 3.73. The Bertz CT molecular complexity index is 957. The van der Waals surface area contributed by atoms with Crippen molar-refractivity contribution in [2.24, 2.45) is 0 Å². The van der Waals surface area contributed by atoms with Crippen LogP contribution in [0.2, 0.25) is 0 Å². The Morgan fingerprint density at radius 2 is 1.82 bits per heavy atom. The Morgan fingerprint density at radius 3 is 2.46 bits per heavy atom. The third-order valence-electron chi connectivity index (χ3n) is 5.28. The van der Waals surface area contributed by atoms with E-state index in [9.17, 15) is 8.42 Å². The molecular weight excluding hydrogens is 382 g/mol. The van der Waals surface area contributed by atoms with Crippen molar-refractivity contribution < 1.29 is 13.2 Å². The monoisotopic (exact) mass is 409 g/mol. The first-order valence-corrected chi connectivity index (χ1v) is 10.9. The highest BCUT2D eigenvalue weighted by molar-refractivity contribution is 7.86. The zero-order chi connectivity index (χ0) is 20.1. The molecule has 2 aromatic rings. The smallest absolute Gasteiger partial charge is 0.282 e. The van der Waals surface area contributed by atoms with Gasteiger partial charge in [-0.2, -0.15) is 21.5 Å². The van der Waals surface area contributed by atoms with Gasteiger partial charge in [-0.15, -0.1) is 15.3 Å². The van der Waals surface area contributed by atoms with Crippen LogP contribution in [-0.4, -0.2) is 89.3 Å². The van der Waals surface area contributed by atoms with Crippen molar-refractivity contribution >= 4 is 21.7 Å². The summed E-state index contributed by atoms with van der Waals surface area (Å²) >= 11 is 0. The number of fused-ring (bicyclic) bond motifs is 1. The SMILES string of the molecule is CN(C1CN(c2ccc3nnc(C(C)(C)C)n3n2)C1)S(=O)(=O)N1CCOCC1. The molecule has 0 bridgehead atoms. The maximum atomic E-state index is 12.8. The summed E-state index contributed by atoms with van der Waals surface area (Å²) in [5, 5.41) is 13.1. The van der Waals surface area contributed by atoms with Gasteiger partial charge in [-0.1, -0.05) is 20.8 Å². The Balaban J connectivity index is 1.47. The average Bonchev–Trinajstić information content (AvgIpc) is 3.04. The second-order valence-electron chi connectivity index (χ2n) is 8.33. The lowest BCUT2D eigenvalue weighted by Crippen LogP contribution is -2.62. The van der Waals surface area contributed by atoms with Gasteiger partial charge in [0.2, 0.25) is 0 Å². The third kappa shape index (κ3) is 3.36. The molecule has 154 valence electrons. The third-order valence-corrected chi connectivity index (χ3v) is 7.32. The van der Waals surface area contributed by atoms with Crippen LogP contribution in [0.1, 0.15) is 26.6 Å². The summed E-state index contributed by atoms with van der Waals surface area (Å²) in [5.41, 5.74) is 0.535. The number of anilines is 1. The number of rotatable bonds is 4. The molecule has 0 N–H and O–H groups in total. The Morgan fingerprint density at radius 1 is 1.14 bits per heavy atom. The largest absolute Gasteiger partial charge is 0.379 e. The lowest BCUT2D eigenvalue weighted by molar-refractivity contribution is 0.0695. The first-order valence-electron chi connectivity index (χ1n) is 9.46. The molecule has 0 aliphatic carbocycles. The standard InChI is InChI=1S/C17H27N7O3S/c1-17(2,3)16-19-18-14-5-6-15(20-24(14)16)22-11-13(12-22)21(4)28(25,26)23-7-9-27-10-8-23/h5-6,13H,7-12H2,1-4H3. The molecule has 2 aliphatic heterocycles. The minimum atomic E-state index is -3.47. The highest BCUT2D eigenvalue weighted by Crippen LogP contribution is 2.26. The summed E-state index contributed by atoms with van der Waals surface area (Å²) in [4.78, 5) is 2.07. The average molecular weight is 410 g/mol. The molecule has 0 unspecified atom stereocenters. The van der Waals surface area contributed by atoms with E-state index >= 15 is 0 Å². The van der Waals surface area contributed by atoms with Crippen LogP contribution in [0.25, 0.3) is 5.65 Å². The number of ether oxygens (including phenoxy) is 1. The van der Waals surface area contributed by atoms with Crippen LogP contribution in [0.3, 0.4) is 0 Å². The molecule has 0 radical (unpaired) electrons. The van der Waals surface area contributed by atoms with E-state index in [0.29, 0.717) is 45.0 Å². The van der Waals surface area contributed by atoms with E-state index in [0.717, 1.165) is 11.6 Å². The van der Waals surface area contributed by atoms with Crippen LogP contribution >= 0.6 is 0 Å². The van der Waals surface area contributed by atoms with Crippen molar-refractivity contribution in [3.63, 3.8) is 0 Å². The predicted octanol–water partition coefficient (Wildman–Crippen LogP) is 0.119. The molecular formula is C17H27N7O3S. The molecule has 0 atom stereocenters. The van der Waals surface area contributed by atoms with Crippen LogP contribution in [0.4, 0.5) is 5.82 Å². The van der Waals surface area contributed by atoms with Crippen LogP contribution in [0, 0.1) is 0 Å². The molecule has 2 aliphatic rings. The van der Waals surface area contributed by atoms with Gasteiger partial charge >= 0.3 is 0 Å². The maximum Gasteiger partial charge on any atom is 0.282 e. The molecule has 10 nitrogen and oxygen atoms in total. The fraction of sp³-hybridized carbons (Fsp3) is 0.706. The van der Waals surface area contributed by atoms with Gasteiger partial charge in [-0.25, -0.2) is 0 Å². The van der Waals surface area contributed by atoms with Crippen LogP contribution in [0.15, 0.2) is 12.1 Å². The van der Waals surface area contributed by atoms with Gasteiger partial charge in [0.15, 0.2) is 11.5 Å². The fourth-order valence-electron chi connectivity index (χ4n) is 3.44. The lowest BCUT2D eigenvalue weighted by atomic mass is 9.96. The topological polar surface area (TPSA) is 96.2 Å². The van der Waals surface area contributed by atoms with Gasteiger partial charge in [0.05, 0.1) is 19.3 Å². The van der Waals surface area contributed by atoms with E-state index < -0.39 is 10.2 Å². The molecule has 0 saturated carbocycles. The van der Waals surface area contributed by atoms with E-state index in [1.165, 1.54) is 8.61 Å². The molecule has 4 heterocycles. The van der Waals surface area contributed by atoms with E-state index in [-0.39, 0.29) is 11.5 Å². The summed E-state index contributed by atoms with van der Waals surface area (Å²) in [6.45, 7) is 9.13. The van der Waals surface area contributed by atoms with E-state index in [1.807, 2.05) is 12.1 Å². The second kappa shape index (κ2) is 6.90. The first-order chi connectivity index (χ1) is 13.2. The number of aromatic nitrogens is 4. The van der Waals surface area contributed by atoms with Gasteiger partial charge < -0.3 is 9.64 Å². The van der Waals surface area contributed by atoms with Crippen LogP contribution in [0.5, 0.6) is 0 Å². The zero-order valence-electron chi connectivity index (χ0n) is 16.7. The van der Waals surface area contributed by atoms with Crippen LogP contribution < -0.4 is 4.90 Å². The summed E-state index contributed by atoms with van der Waals surface area (Å²) in [5.74, 6) is 1.60. The maximum absolute atomic E-state index is 12.8. The Kier molecular flexibility index (Phi) is 4.81. The Labute approximate surface area is 165 Å². The molecule has 0 spiro atoms. The van der Waals surface area contributed by atoms with Gasteiger partial charge in [-0.3, -0.25) is 0 Å². The second-order valence-corrected chi connectivity index (χ2v) is 10.3. The fourth-order valence-corrected chi connectivity index (χ4v) is 4.92. The van der Waals surface area contributed by atoms with Crippen molar-refractivity contribution in [1.82, 2.24) is 28.4 Å². The van der Waals surface area contributed by atoms with Gasteiger partial charge in [0.1, 0.15) is 5.82 Å². The summed E-state index contributed by atoms with van der Waals surface area (Å²) in [7, 11) is -1.81. The first kappa shape index (κ1) is 19.5. The molecule has 0 aromatic carbocycles.